The Balaban J connectivity index is 0.000000445. The van der Waals surface area contributed by atoms with Gasteiger partial charge in [-0.25, -0.2) is 0 Å². The highest BCUT2D eigenvalue weighted by molar-refractivity contribution is 6.00. The van der Waals surface area contributed by atoms with Crippen LogP contribution in [0.15, 0.2) is 24.3 Å². The van der Waals surface area contributed by atoms with Crippen LogP contribution < -0.4 is 5.32 Å². The summed E-state index contributed by atoms with van der Waals surface area (Å²) in [6.07, 6.45) is -2.50. The van der Waals surface area contributed by atoms with Gasteiger partial charge in [0.2, 0.25) is 0 Å². The number of carbonyl (C=O) groups is 3. The first kappa shape index (κ1) is 25.9. The molecule has 2 heterocycles. The zero-order chi connectivity index (χ0) is 21.8. The third-order valence-electron chi connectivity index (χ3n) is 4.45. The Bertz CT molecular complexity index is 586. The SMILES string of the molecule is C=O.C=O.CN1CCOC12CCNCC2.Cc1ccc(C(=O)C(F)(F)F)cc1. The molecule has 1 spiro atoms. The average molecular weight is 404 g/mol. The van der Waals surface area contributed by atoms with E-state index in [1.807, 2.05) is 13.6 Å². The number of alkyl halides is 3. The number of ketones is 1. The number of carbonyl (C=O) groups excluding carboxylic acids is 3. The quantitative estimate of drug-likeness (QED) is 0.725. The van der Waals surface area contributed by atoms with Crippen LogP contribution in [-0.2, 0) is 14.3 Å². The summed E-state index contributed by atoms with van der Waals surface area (Å²) in [6.45, 7) is 9.95. The second-order valence-electron chi connectivity index (χ2n) is 6.16. The topological polar surface area (TPSA) is 75.7 Å². The van der Waals surface area contributed by atoms with Crippen molar-refractivity contribution in [3.63, 3.8) is 0 Å². The largest absolute Gasteiger partial charge is 0.454 e. The summed E-state index contributed by atoms with van der Waals surface area (Å²) in [6, 6.07) is 5.29. The lowest BCUT2D eigenvalue weighted by Gasteiger charge is -2.38. The number of likely N-dealkylation sites (N-methyl/N-ethyl adjacent to an activating group) is 1. The fraction of sp³-hybridized carbons (Fsp3) is 0.526. The van der Waals surface area contributed by atoms with Crippen molar-refractivity contribution in [2.45, 2.75) is 31.7 Å². The molecule has 2 saturated heterocycles. The predicted octanol–water partition coefficient (Wildman–Crippen LogP) is 2.40. The van der Waals surface area contributed by atoms with Gasteiger partial charge in [0.25, 0.3) is 5.78 Å². The van der Waals surface area contributed by atoms with E-state index in [0.717, 1.165) is 44.6 Å². The van der Waals surface area contributed by atoms with Crippen LogP contribution in [0.2, 0.25) is 0 Å². The van der Waals surface area contributed by atoms with E-state index in [1.54, 1.807) is 6.92 Å². The molecule has 2 fully saturated rings. The molecule has 0 amide bonds. The Hall–Kier alpha value is -2.10. The average Bonchev–Trinajstić information content (AvgIpc) is 3.05. The van der Waals surface area contributed by atoms with Crippen molar-refractivity contribution in [1.82, 2.24) is 10.2 Å². The van der Waals surface area contributed by atoms with Crippen molar-refractivity contribution in [2.75, 3.05) is 33.3 Å². The summed E-state index contributed by atoms with van der Waals surface area (Å²) in [5, 5.41) is 3.35. The molecule has 9 heteroatoms. The van der Waals surface area contributed by atoms with Crippen LogP contribution in [0.3, 0.4) is 0 Å². The van der Waals surface area contributed by atoms with Crippen LogP contribution in [0, 0.1) is 6.92 Å². The number of Topliss-reactive ketones (excluding diaryl/α,β-unsaturated/α-hetero) is 1. The van der Waals surface area contributed by atoms with Crippen LogP contribution >= 0.6 is 0 Å². The van der Waals surface area contributed by atoms with Gasteiger partial charge >= 0.3 is 6.18 Å². The highest BCUT2D eigenvalue weighted by Crippen LogP contribution is 2.30. The number of aryl methyl sites for hydroxylation is 1. The molecule has 0 bridgehead atoms. The highest BCUT2D eigenvalue weighted by atomic mass is 19.4. The summed E-state index contributed by atoms with van der Waals surface area (Å²) in [4.78, 5) is 29.0. The van der Waals surface area contributed by atoms with Crippen molar-refractivity contribution in [2.24, 2.45) is 0 Å². The van der Waals surface area contributed by atoms with Crippen molar-refractivity contribution < 1.29 is 32.3 Å². The standard InChI is InChI=1S/C9H7F3O.C8H16N2O.2CH2O/c1-6-2-4-7(5-3-6)8(13)9(10,11)12;1-10-6-7-11-8(10)2-4-9-5-3-8;2*1-2/h2-5H,1H3;9H,2-7H2,1H3;2*1H2. The van der Waals surface area contributed by atoms with Crippen LogP contribution in [0.1, 0.15) is 28.8 Å². The molecule has 2 aliphatic heterocycles. The summed E-state index contributed by atoms with van der Waals surface area (Å²) in [5.41, 5.74) is 0.599. The fourth-order valence-electron chi connectivity index (χ4n) is 2.90. The van der Waals surface area contributed by atoms with Crippen molar-refractivity contribution in [1.29, 1.82) is 0 Å². The van der Waals surface area contributed by atoms with Gasteiger partial charge in [0.05, 0.1) is 6.61 Å². The summed E-state index contributed by atoms with van der Waals surface area (Å²) in [7, 11) is 2.16. The van der Waals surface area contributed by atoms with Gasteiger partial charge in [0.15, 0.2) is 0 Å². The van der Waals surface area contributed by atoms with Gasteiger partial charge in [-0.15, -0.1) is 0 Å². The number of piperidine rings is 1. The number of hydrogen-bond donors (Lipinski definition) is 1. The van der Waals surface area contributed by atoms with Gasteiger partial charge in [-0.05, 0) is 27.1 Å². The van der Waals surface area contributed by atoms with Crippen LogP contribution in [0.5, 0.6) is 0 Å². The van der Waals surface area contributed by atoms with E-state index in [9.17, 15) is 18.0 Å². The van der Waals surface area contributed by atoms with E-state index in [4.69, 9.17) is 14.3 Å². The lowest BCUT2D eigenvalue weighted by atomic mass is 10.0. The molecule has 0 aliphatic carbocycles. The van der Waals surface area contributed by atoms with Crippen LogP contribution in [-0.4, -0.2) is 69.5 Å². The van der Waals surface area contributed by atoms with Gasteiger partial charge in [-0.3, -0.25) is 9.69 Å². The van der Waals surface area contributed by atoms with Gasteiger partial charge in [-0.1, -0.05) is 29.8 Å². The first-order valence-corrected chi connectivity index (χ1v) is 8.56. The molecule has 6 nitrogen and oxygen atoms in total. The van der Waals surface area contributed by atoms with Crippen LogP contribution in [0.25, 0.3) is 0 Å². The maximum atomic E-state index is 11.9. The number of halogens is 3. The maximum absolute atomic E-state index is 11.9. The van der Waals surface area contributed by atoms with E-state index in [-0.39, 0.29) is 11.3 Å². The molecular formula is C19H27F3N2O4. The molecule has 2 aliphatic rings. The molecule has 0 radical (unpaired) electrons. The minimum Gasteiger partial charge on any atom is -0.359 e. The van der Waals surface area contributed by atoms with Gasteiger partial charge in [-0.2, -0.15) is 13.2 Å². The molecule has 1 N–H and O–H groups in total. The number of benzene rings is 1. The summed E-state index contributed by atoms with van der Waals surface area (Å²) in [5.74, 6) is -1.80. The molecule has 1 aromatic carbocycles. The third kappa shape index (κ3) is 7.49. The minimum absolute atomic E-state index is 0.102. The molecule has 0 atom stereocenters. The molecular weight excluding hydrogens is 377 g/mol. The summed E-state index contributed by atoms with van der Waals surface area (Å²) < 4.78 is 41.4. The second kappa shape index (κ2) is 12.4. The van der Waals surface area contributed by atoms with E-state index in [2.05, 4.69) is 17.3 Å². The normalized spacial score (nSPS) is 17.9. The van der Waals surface area contributed by atoms with Crippen molar-refractivity contribution >= 4 is 19.4 Å². The molecule has 0 saturated carbocycles. The number of nitrogens with zero attached hydrogens (tertiary/aromatic N) is 1. The zero-order valence-electron chi connectivity index (χ0n) is 16.2. The molecule has 1 aromatic rings. The lowest BCUT2D eigenvalue weighted by molar-refractivity contribution is -0.0987. The minimum atomic E-state index is -4.78. The number of ether oxygens (including phenoxy) is 1. The van der Waals surface area contributed by atoms with Gasteiger partial charge in [0, 0.05) is 24.9 Å². The Kier molecular flexibility index (Phi) is 11.4. The molecule has 28 heavy (non-hydrogen) atoms. The Morgan fingerprint density at radius 3 is 2.00 bits per heavy atom. The highest BCUT2D eigenvalue weighted by Gasteiger charge is 2.40. The number of nitrogens with one attached hydrogen (secondary N) is 1. The van der Waals surface area contributed by atoms with Crippen molar-refractivity contribution in [3.8, 4) is 0 Å². The molecule has 0 unspecified atom stereocenters. The van der Waals surface area contributed by atoms with Gasteiger partial charge in [0.1, 0.15) is 19.3 Å². The van der Waals surface area contributed by atoms with E-state index < -0.39 is 12.0 Å². The third-order valence-corrected chi connectivity index (χ3v) is 4.45. The maximum Gasteiger partial charge on any atom is 0.454 e. The molecule has 3 rings (SSSR count). The summed E-state index contributed by atoms with van der Waals surface area (Å²) >= 11 is 0. The second-order valence-corrected chi connectivity index (χ2v) is 6.16. The van der Waals surface area contributed by atoms with Crippen molar-refractivity contribution in [3.05, 3.63) is 35.4 Å². The predicted molar refractivity (Wildman–Crippen MR) is 99.2 cm³/mol. The van der Waals surface area contributed by atoms with E-state index >= 15 is 0 Å². The number of hydrogen-bond acceptors (Lipinski definition) is 6. The smallest absolute Gasteiger partial charge is 0.359 e. The Labute approximate surface area is 163 Å². The Morgan fingerprint density at radius 2 is 1.61 bits per heavy atom. The van der Waals surface area contributed by atoms with Crippen LogP contribution in [0.4, 0.5) is 13.2 Å². The lowest BCUT2D eigenvalue weighted by Crippen LogP contribution is -2.50. The Morgan fingerprint density at radius 1 is 1.11 bits per heavy atom. The fourth-order valence-corrected chi connectivity index (χ4v) is 2.90. The molecule has 0 aromatic heterocycles. The first-order valence-electron chi connectivity index (χ1n) is 8.56. The van der Waals surface area contributed by atoms with Gasteiger partial charge < -0.3 is 19.6 Å². The van der Waals surface area contributed by atoms with E-state index in [1.165, 1.54) is 24.3 Å². The zero-order valence-corrected chi connectivity index (χ0v) is 16.2. The van der Waals surface area contributed by atoms with E-state index in [0.29, 0.717) is 0 Å². The number of rotatable bonds is 1. The monoisotopic (exact) mass is 404 g/mol. The first-order chi connectivity index (χ1) is 13.2. The molecule has 158 valence electrons.